The van der Waals surface area contributed by atoms with E-state index in [9.17, 15) is 8.42 Å². The first-order chi connectivity index (χ1) is 7.93. The molecule has 1 fully saturated rings. The lowest BCUT2D eigenvalue weighted by Gasteiger charge is -2.43. The molecule has 1 aromatic carbocycles. The molecule has 0 amide bonds. The molecule has 1 aromatic rings. The minimum atomic E-state index is -3.08. The van der Waals surface area contributed by atoms with Crippen LogP contribution in [-0.4, -0.2) is 27.8 Å². The second-order valence-electron chi connectivity index (χ2n) is 4.94. The van der Waals surface area contributed by atoms with Crippen LogP contribution in [0.3, 0.4) is 0 Å². The number of hydrogen-bond donors (Lipinski definition) is 1. The topological polar surface area (TPSA) is 46.2 Å². The largest absolute Gasteiger partial charge is 0.317 e. The quantitative estimate of drug-likeness (QED) is 0.893. The van der Waals surface area contributed by atoms with Crippen molar-refractivity contribution in [2.24, 2.45) is 5.92 Å². The Bertz CT molecular complexity index is 493. The normalized spacial score (nSPS) is 28.8. The molecule has 1 N–H and O–H groups in total. The maximum absolute atomic E-state index is 11.4. The van der Waals surface area contributed by atoms with E-state index in [1.807, 2.05) is 19.2 Å². The molecule has 0 aliphatic heterocycles. The lowest BCUT2D eigenvalue weighted by atomic mass is 9.67. The van der Waals surface area contributed by atoms with Crippen LogP contribution in [-0.2, 0) is 9.84 Å². The molecule has 1 aliphatic rings. The predicted octanol–water partition coefficient (Wildman–Crippen LogP) is 1.80. The third-order valence-electron chi connectivity index (χ3n) is 3.88. The molecule has 1 aliphatic carbocycles. The third-order valence-corrected chi connectivity index (χ3v) is 5.01. The van der Waals surface area contributed by atoms with Crippen LogP contribution in [0.5, 0.6) is 0 Å². The lowest BCUT2D eigenvalue weighted by molar-refractivity contribution is 0.194. The minimum Gasteiger partial charge on any atom is -0.317 e. The number of benzene rings is 1. The molecule has 0 heterocycles. The van der Waals surface area contributed by atoms with Gasteiger partial charge in [-0.2, -0.15) is 0 Å². The van der Waals surface area contributed by atoms with Gasteiger partial charge in [0, 0.05) is 12.3 Å². The van der Waals surface area contributed by atoms with E-state index in [1.165, 1.54) is 11.8 Å². The predicted molar refractivity (Wildman–Crippen MR) is 68.9 cm³/mol. The summed E-state index contributed by atoms with van der Waals surface area (Å²) >= 11 is 0. The molecular formula is C13H19NO2S. The van der Waals surface area contributed by atoms with Crippen molar-refractivity contribution in [1.29, 1.82) is 0 Å². The molecule has 0 spiro atoms. The summed E-state index contributed by atoms with van der Waals surface area (Å²) in [4.78, 5) is 0.401. The Morgan fingerprint density at radius 3 is 2.24 bits per heavy atom. The van der Waals surface area contributed by atoms with Gasteiger partial charge in [-0.1, -0.05) is 19.1 Å². The summed E-state index contributed by atoms with van der Waals surface area (Å²) in [6, 6.07) is 7.91. The number of sulfone groups is 1. The fourth-order valence-corrected chi connectivity index (χ4v) is 3.20. The molecule has 3 atom stereocenters. The average molecular weight is 253 g/mol. The summed E-state index contributed by atoms with van der Waals surface area (Å²) in [6.45, 7) is 2.24. The highest BCUT2D eigenvalue weighted by atomic mass is 32.2. The number of rotatable bonds is 3. The summed E-state index contributed by atoms with van der Waals surface area (Å²) < 4.78 is 22.7. The molecule has 4 heteroatoms. The van der Waals surface area contributed by atoms with Gasteiger partial charge in [-0.3, -0.25) is 0 Å². The molecule has 0 saturated heterocycles. The molecule has 1 saturated carbocycles. The van der Waals surface area contributed by atoms with Gasteiger partial charge in [0.1, 0.15) is 0 Å². The number of nitrogens with one attached hydrogen (secondary N) is 1. The fourth-order valence-electron chi connectivity index (χ4n) is 2.57. The summed E-state index contributed by atoms with van der Waals surface area (Å²) in [7, 11) is -1.09. The van der Waals surface area contributed by atoms with E-state index >= 15 is 0 Å². The van der Waals surface area contributed by atoms with Crippen LogP contribution in [0.1, 0.15) is 24.8 Å². The maximum Gasteiger partial charge on any atom is 0.175 e. The van der Waals surface area contributed by atoms with Gasteiger partial charge in [0.25, 0.3) is 0 Å². The van der Waals surface area contributed by atoms with Gasteiger partial charge in [-0.25, -0.2) is 8.42 Å². The van der Waals surface area contributed by atoms with Crippen LogP contribution in [0.4, 0.5) is 0 Å². The highest BCUT2D eigenvalue weighted by Crippen LogP contribution is 2.42. The van der Waals surface area contributed by atoms with E-state index in [4.69, 9.17) is 0 Å². The Morgan fingerprint density at radius 1 is 1.24 bits per heavy atom. The van der Waals surface area contributed by atoms with Crippen LogP contribution in [0.15, 0.2) is 29.2 Å². The summed E-state index contributed by atoms with van der Waals surface area (Å²) in [5.41, 5.74) is 1.25. The van der Waals surface area contributed by atoms with Gasteiger partial charge in [0.2, 0.25) is 0 Å². The summed E-state index contributed by atoms with van der Waals surface area (Å²) in [5, 5.41) is 3.29. The van der Waals surface area contributed by atoms with Gasteiger partial charge in [0.15, 0.2) is 9.84 Å². The van der Waals surface area contributed by atoms with E-state index in [2.05, 4.69) is 12.2 Å². The number of hydrogen-bond acceptors (Lipinski definition) is 3. The Kier molecular flexibility index (Phi) is 3.27. The van der Waals surface area contributed by atoms with Crippen LogP contribution >= 0.6 is 0 Å². The van der Waals surface area contributed by atoms with Gasteiger partial charge >= 0.3 is 0 Å². The SMILES string of the molecule is CNC1CC(c2ccc(S(C)(=O)=O)cc2)C1C. The van der Waals surface area contributed by atoms with Crippen molar-refractivity contribution >= 4 is 9.84 Å². The van der Waals surface area contributed by atoms with Crippen molar-refractivity contribution in [2.75, 3.05) is 13.3 Å². The highest BCUT2D eigenvalue weighted by molar-refractivity contribution is 7.90. The monoisotopic (exact) mass is 253 g/mol. The van der Waals surface area contributed by atoms with Crippen molar-refractivity contribution < 1.29 is 8.42 Å². The van der Waals surface area contributed by atoms with Gasteiger partial charge in [-0.05, 0) is 43.0 Å². The van der Waals surface area contributed by atoms with E-state index in [0.29, 0.717) is 22.8 Å². The van der Waals surface area contributed by atoms with Crippen LogP contribution in [0, 0.1) is 5.92 Å². The standard InChI is InChI=1S/C13H19NO2S/c1-9-12(8-13(9)14-2)10-4-6-11(7-5-10)17(3,15)16/h4-7,9,12-14H,8H2,1-3H3. The Morgan fingerprint density at radius 2 is 1.82 bits per heavy atom. The molecule has 0 bridgehead atoms. The summed E-state index contributed by atoms with van der Waals surface area (Å²) in [6.07, 6.45) is 2.38. The van der Waals surface area contributed by atoms with Crippen LogP contribution in [0.25, 0.3) is 0 Å². The minimum absolute atomic E-state index is 0.401. The molecule has 17 heavy (non-hydrogen) atoms. The van der Waals surface area contributed by atoms with Crippen molar-refractivity contribution in [1.82, 2.24) is 5.32 Å². The first-order valence-corrected chi connectivity index (χ1v) is 7.80. The highest BCUT2D eigenvalue weighted by Gasteiger charge is 2.37. The maximum atomic E-state index is 11.4. The van der Waals surface area contributed by atoms with Crippen molar-refractivity contribution in [3.63, 3.8) is 0 Å². The van der Waals surface area contributed by atoms with Gasteiger partial charge in [0.05, 0.1) is 4.90 Å². The second-order valence-corrected chi connectivity index (χ2v) is 6.95. The Labute approximate surface area is 103 Å². The van der Waals surface area contributed by atoms with Crippen LogP contribution in [0.2, 0.25) is 0 Å². The molecule has 0 aromatic heterocycles. The molecule has 94 valence electrons. The van der Waals surface area contributed by atoms with Crippen molar-refractivity contribution in [2.45, 2.75) is 30.2 Å². The van der Waals surface area contributed by atoms with Crippen molar-refractivity contribution in [3.05, 3.63) is 29.8 Å². The molecule has 0 radical (unpaired) electrons. The Balaban J connectivity index is 2.15. The third kappa shape index (κ3) is 2.38. The van der Waals surface area contributed by atoms with E-state index in [-0.39, 0.29) is 0 Å². The zero-order valence-corrected chi connectivity index (χ0v) is 11.3. The van der Waals surface area contributed by atoms with Crippen LogP contribution < -0.4 is 5.32 Å². The first kappa shape index (κ1) is 12.6. The van der Waals surface area contributed by atoms with Crippen molar-refractivity contribution in [3.8, 4) is 0 Å². The zero-order valence-electron chi connectivity index (χ0n) is 10.5. The molecule has 3 unspecified atom stereocenters. The Hall–Kier alpha value is -0.870. The molecular weight excluding hydrogens is 234 g/mol. The van der Waals surface area contributed by atoms with E-state index in [0.717, 1.165) is 6.42 Å². The smallest absolute Gasteiger partial charge is 0.175 e. The molecule has 2 rings (SSSR count). The van der Waals surface area contributed by atoms with Gasteiger partial charge < -0.3 is 5.32 Å². The molecule has 3 nitrogen and oxygen atoms in total. The average Bonchev–Trinajstić information content (AvgIpc) is 2.27. The lowest BCUT2D eigenvalue weighted by Crippen LogP contribution is -2.46. The summed E-state index contributed by atoms with van der Waals surface area (Å²) in [5.74, 6) is 1.17. The van der Waals surface area contributed by atoms with E-state index < -0.39 is 9.84 Å². The first-order valence-electron chi connectivity index (χ1n) is 5.90. The zero-order chi connectivity index (χ0) is 12.6. The van der Waals surface area contributed by atoms with Gasteiger partial charge in [-0.15, -0.1) is 0 Å². The van der Waals surface area contributed by atoms with E-state index in [1.54, 1.807) is 12.1 Å². The fraction of sp³-hybridized carbons (Fsp3) is 0.538. The second kappa shape index (κ2) is 4.42.